The summed E-state index contributed by atoms with van der Waals surface area (Å²) in [5.41, 5.74) is 1.16. The Kier molecular flexibility index (Phi) is 5.64. The van der Waals surface area contributed by atoms with Crippen LogP contribution in [0.25, 0.3) is 23.0 Å². The van der Waals surface area contributed by atoms with Crippen molar-refractivity contribution in [2.75, 3.05) is 0 Å². The molecule has 2 aromatic carbocycles. The smallest absolute Gasteiger partial charge is 0.416 e. The Balaban J connectivity index is 1.48. The summed E-state index contributed by atoms with van der Waals surface area (Å²) in [6.45, 7) is 1.85. The lowest BCUT2D eigenvalue weighted by Gasteiger charge is -2.06. The van der Waals surface area contributed by atoms with Gasteiger partial charge in [0.1, 0.15) is 11.5 Å². The first-order chi connectivity index (χ1) is 15.1. The van der Waals surface area contributed by atoms with E-state index in [1.165, 1.54) is 24.3 Å². The van der Waals surface area contributed by atoms with E-state index < -0.39 is 21.6 Å². The highest BCUT2D eigenvalue weighted by Gasteiger charge is 2.30. The maximum Gasteiger partial charge on any atom is 0.416 e. The van der Waals surface area contributed by atoms with E-state index >= 15 is 0 Å². The van der Waals surface area contributed by atoms with Crippen molar-refractivity contribution in [3.05, 3.63) is 83.1 Å². The number of benzene rings is 2. The first-order valence-electron chi connectivity index (χ1n) is 9.46. The van der Waals surface area contributed by atoms with Gasteiger partial charge in [0.05, 0.1) is 11.3 Å². The summed E-state index contributed by atoms with van der Waals surface area (Å²) < 4.78 is 73.9. The Labute approximate surface area is 181 Å². The number of hydrogen-bond acceptors (Lipinski definition) is 6. The fraction of sp³-hybridized carbons (Fsp3) is 0.182. The van der Waals surface area contributed by atoms with Crippen LogP contribution in [0.2, 0.25) is 0 Å². The van der Waals surface area contributed by atoms with Gasteiger partial charge in [-0.15, -0.1) is 0 Å². The number of rotatable bonds is 6. The minimum Gasteiger partial charge on any atom is -0.455 e. The van der Waals surface area contributed by atoms with Gasteiger partial charge in [0.25, 0.3) is 5.89 Å². The zero-order chi connectivity index (χ0) is 22.9. The molecule has 0 N–H and O–H groups in total. The molecule has 6 nitrogen and oxygen atoms in total. The highest BCUT2D eigenvalue weighted by Crippen LogP contribution is 2.31. The Morgan fingerprint density at radius 1 is 0.938 bits per heavy atom. The first kappa shape index (κ1) is 21.8. The predicted molar refractivity (Wildman–Crippen MR) is 110 cm³/mol. The van der Waals surface area contributed by atoms with E-state index in [-0.39, 0.29) is 34.7 Å². The van der Waals surface area contributed by atoms with Crippen molar-refractivity contribution in [1.29, 1.82) is 0 Å². The Hall–Kier alpha value is -3.40. The summed E-state index contributed by atoms with van der Waals surface area (Å²) in [6, 6.07) is 14.6. The molecule has 0 atom stereocenters. The van der Waals surface area contributed by atoms with Crippen LogP contribution in [0, 0.1) is 6.92 Å². The van der Waals surface area contributed by atoms with E-state index in [1.54, 1.807) is 12.1 Å². The van der Waals surface area contributed by atoms with Crippen molar-refractivity contribution in [2.45, 2.75) is 24.6 Å². The van der Waals surface area contributed by atoms with E-state index in [2.05, 4.69) is 10.1 Å². The van der Waals surface area contributed by atoms with Crippen LogP contribution in [-0.4, -0.2) is 18.6 Å². The Bertz CT molecular complexity index is 1340. The van der Waals surface area contributed by atoms with Crippen LogP contribution in [0.3, 0.4) is 0 Å². The van der Waals surface area contributed by atoms with Gasteiger partial charge in [-0.2, -0.15) is 18.2 Å². The molecule has 2 heterocycles. The van der Waals surface area contributed by atoms with Crippen LogP contribution in [0.1, 0.15) is 22.5 Å². The standard InChI is InChI=1S/C22H17F3N2O4S/c1-14-4-2-3-5-16(14)12-32(28,29)13-18-10-11-19(30-18)21-26-20(27-31-21)15-6-8-17(9-7-15)22(23,24)25/h2-11H,12-13H2,1H3. The molecular weight excluding hydrogens is 445 g/mol. The molecule has 0 aliphatic carbocycles. The molecule has 2 aromatic heterocycles. The summed E-state index contributed by atoms with van der Waals surface area (Å²) in [6.07, 6.45) is -4.44. The zero-order valence-electron chi connectivity index (χ0n) is 16.8. The van der Waals surface area contributed by atoms with Gasteiger partial charge in [0.2, 0.25) is 5.82 Å². The summed E-state index contributed by atoms with van der Waals surface area (Å²) in [4.78, 5) is 4.13. The summed E-state index contributed by atoms with van der Waals surface area (Å²) >= 11 is 0. The molecule has 0 bridgehead atoms. The number of aromatic nitrogens is 2. The van der Waals surface area contributed by atoms with Gasteiger partial charge < -0.3 is 8.94 Å². The van der Waals surface area contributed by atoms with Crippen LogP contribution < -0.4 is 0 Å². The van der Waals surface area contributed by atoms with Crippen LogP contribution in [0.5, 0.6) is 0 Å². The summed E-state index contributed by atoms with van der Waals surface area (Å²) in [5, 5.41) is 3.76. The minimum atomic E-state index is -4.44. The topological polar surface area (TPSA) is 86.2 Å². The van der Waals surface area contributed by atoms with E-state index in [0.717, 1.165) is 23.3 Å². The maximum absolute atomic E-state index is 12.7. The highest BCUT2D eigenvalue weighted by atomic mass is 32.2. The molecule has 0 aliphatic heterocycles. The fourth-order valence-corrected chi connectivity index (χ4v) is 4.58. The molecule has 0 radical (unpaired) electrons. The highest BCUT2D eigenvalue weighted by molar-refractivity contribution is 7.89. The summed E-state index contributed by atoms with van der Waals surface area (Å²) in [5.74, 6) is 0.0242. The number of alkyl halides is 3. The SMILES string of the molecule is Cc1ccccc1CS(=O)(=O)Cc1ccc(-c2nc(-c3ccc(C(F)(F)F)cc3)no2)o1. The molecule has 4 rings (SSSR count). The zero-order valence-corrected chi connectivity index (χ0v) is 17.6. The van der Waals surface area contributed by atoms with Gasteiger partial charge in [0, 0.05) is 5.56 Å². The van der Waals surface area contributed by atoms with Gasteiger partial charge in [-0.25, -0.2) is 8.42 Å². The number of hydrogen-bond donors (Lipinski definition) is 0. The van der Waals surface area contributed by atoms with Gasteiger partial charge in [-0.3, -0.25) is 0 Å². The molecule has 0 unspecified atom stereocenters. The average molecular weight is 462 g/mol. The van der Waals surface area contributed by atoms with Crippen LogP contribution in [0.4, 0.5) is 13.2 Å². The van der Waals surface area contributed by atoms with Crippen molar-refractivity contribution >= 4 is 9.84 Å². The van der Waals surface area contributed by atoms with Crippen molar-refractivity contribution in [1.82, 2.24) is 10.1 Å². The van der Waals surface area contributed by atoms with Crippen molar-refractivity contribution in [3.8, 4) is 23.0 Å². The second-order valence-electron chi connectivity index (χ2n) is 7.22. The monoisotopic (exact) mass is 462 g/mol. The van der Waals surface area contributed by atoms with Crippen LogP contribution in [0.15, 0.2) is 69.6 Å². The Morgan fingerprint density at radius 2 is 1.66 bits per heavy atom. The molecule has 0 amide bonds. The van der Waals surface area contributed by atoms with Crippen LogP contribution >= 0.6 is 0 Å². The van der Waals surface area contributed by atoms with E-state index in [0.29, 0.717) is 5.56 Å². The average Bonchev–Trinajstić information content (AvgIpc) is 3.38. The molecule has 0 saturated heterocycles. The molecule has 0 saturated carbocycles. The molecule has 166 valence electrons. The maximum atomic E-state index is 12.7. The Morgan fingerprint density at radius 3 is 2.34 bits per heavy atom. The minimum absolute atomic E-state index is 0.0116. The molecule has 0 spiro atoms. The van der Waals surface area contributed by atoms with E-state index in [4.69, 9.17) is 8.94 Å². The predicted octanol–water partition coefficient (Wildman–Crippen LogP) is 5.44. The normalized spacial score (nSPS) is 12.2. The number of furan rings is 1. The first-order valence-corrected chi connectivity index (χ1v) is 11.3. The second-order valence-corrected chi connectivity index (χ2v) is 9.29. The number of sulfone groups is 1. The molecule has 4 aromatic rings. The number of halogens is 3. The van der Waals surface area contributed by atoms with E-state index in [1.807, 2.05) is 19.1 Å². The third-order valence-corrected chi connectivity index (χ3v) is 6.24. The van der Waals surface area contributed by atoms with Gasteiger partial charge >= 0.3 is 6.18 Å². The van der Waals surface area contributed by atoms with Gasteiger partial charge in [-0.05, 0) is 42.3 Å². The second kappa shape index (κ2) is 8.27. The van der Waals surface area contributed by atoms with Crippen molar-refractivity contribution in [3.63, 3.8) is 0 Å². The van der Waals surface area contributed by atoms with E-state index in [9.17, 15) is 21.6 Å². The van der Waals surface area contributed by atoms with Crippen molar-refractivity contribution < 1.29 is 30.5 Å². The third kappa shape index (κ3) is 4.91. The molecule has 0 aliphatic rings. The van der Waals surface area contributed by atoms with Crippen molar-refractivity contribution in [2.24, 2.45) is 0 Å². The van der Waals surface area contributed by atoms with Gasteiger partial charge in [-0.1, -0.05) is 41.6 Å². The molecule has 32 heavy (non-hydrogen) atoms. The molecular formula is C22H17F3N2O4S. The summed E-state index contributed by atoms with van der Waals surface area (Å²) in [7, 11) is -3.49. The molecule has 0 fully saturated rings. The van der Waals surface area contributed by atoms with Crippen LogP contribution in [-0.2, 0) is 27.5 Å². The largest absolute Gasteiger partial charge is 0.455 e. The molecule has 10 heteroatoms. The lowest BCUT2D eigenvalue weighted by molar-refractivity contribution is -0.137. The number of nitrogens with zero attached hydrogens (tertiary/aromatic N) is 2. The quantitative estimate of drug-likeness (QED) is 0.379. The number of aryl methyl sites for hydroxylation is 1. The fourth-order valence-electron chi connectivity index (χ4n) is 3.10. The third-order valence-electron chi connectivity index (χ3n) is 4.77. The van der Waals surface area contributed by atoms with Gasteiger partial charge in [0.15, 0.2) is 15.6 Å². The lowest BCUT2D eigenvalue weighted by atomic mass is 10.1. The lowest BCUT2D eigenvalue weighted by Crippen LogP contribution is -2.08.